The van der Waals surface area contributed by atoms with Gasteiger partial charge in [-0.05, 0) is 51.4 Å². The summed E-state index contributed by atoms with van der Waals surface area (Å²) >= 11 is 0. The first kappa shape index (κ1) is 73.6. The zero-order chi connectivity index (χ0) is 54.3. The van der Waals surface area contributed by atoms with Crippen molar-refractivity contribution in [2.75, 3.05) is 13.2 Å². The minimum Gasteiger partial charge on any atom is -0.466 e. The Kier molecular flexibility index (Phi) is 63.9. The van der Waals surface area contributed by atoms with Crippen molar-refractivity contribution in [2.24, 2.45) is 0 Å². The first-order chi connectivity index (χ1) is 37.0. The van der Waals surface area contributed by atoms with Crippen molar-refractivity contribution in [1.82, 2.24) is 5.32 Å². The van der Waals surface area contributed by atoms with Crippen molar-refractivity contribution in [2.45, 2.75) is 405 Å². The molecular formula is C69H135NO5. The molecule has 0 aliphatic carbocycles. The lowest BCUT2D eigenvalue weighted by Crippen LogP contribution is -2.45. The highest BCUT2D eigenvalue weighted by Crippen LogP contribution is 2.19. The SMILES string of the molecule is CCCCCCCCCCCCCCCCCCCCCCCCCC(O)C(CO)NC(=O)CCCCCCCCC/C=C\CCCCCCCCOC(=O)CCCCCCCCCCCCCCCCCCCC. The van der Waals surface area contributed by atoms with Gasteiger partial charge in [0.15, 0.2) is 0 Å². The van der Waals surface area contributed by atoms with Gasteiger partial charge in [-0.3, -0.25) is 9.59 Å². The molecule has 2 unspecified atom stereocenters. The fourth-order valence-electron chi connectivity index (χ4n) is 11.1. The highest BCUT2D eigenvalue weighted by Gasteiger charge is 2.20. The maximum Gasteiger partial charge on any atom is 0.305 e. The van der Waals surface area contributed by atoms with Crippen molar-refractivity contribution in [1.29, 1.82) is 0 Å². The molecule has 6 heteroatoms. The van der Waals surface area contributed by atoms with Crippen LogP contribution in [0.1, 0.15) is 393 Å². The summed E-state index contributed by atoms with van der Waals surface area (Å²) in [6.45, 7) is 4.98. The number of aliphatic hydroxyl groups excluding tert-OH is 2. The highest BCUT2D eigenvalue weighted by molar-refractivity contribution is 5.76. The van der Waals surface area contributed by atoms with Gasteiger partial charge in [0.05, 0.1) is 25.4 Å². The van der Waals surface area contributed by atoms with Crippen LogP contribution in [-0.2, 0) is 14.3 Å². The van der Waals surface area contributed by atoms with E-state index in [9.17, 15) is 19.8 Å². The van der Waals surface area contributed by atoms with Gasteiger partial charge in [0.25, 0.3) is 0 Å². The fourth-order valence-corrected chi connectivity index (χ4v) is 11.1. The Morgan fingerprint density at radius 3 is 0.947 bits per heavy atom. The van der Waals surface area contributed by atoms with Crippen LogP contribution in [0.2, 0.25) is 0 Å². The Hall–Kier alpha value is -1.40. The number of carbonyl (C=O) groups is 2. The van der Waals surface area contributed by atoms with Crippen molar-refractivity contribution in [3.63, 3.8) is 0 Å². The average Bonchev–Trinajstić information content (AvgIpc) is 3.41. The van der Waals surface area contributed by atoms with Crippen LogP contribution in [-0.4, -0.2) is 47.4 Å². The van der Waals surface area contributed by atoms with Crippen LogP contribution >= 0.6 is 0 Å². The van der Waals surface area contributed by atoms with Gasteiger partial charge in [-0.25, -0.2) is 0 Å². The van der Waals surface area contributed by atoms with Crippen LogP contribution < -0.4 is 5.32 Å². The Morgan fingerprint density at radius 2 is 0.627 bits per heavy atom. The first-order valence-corrected chi connectivity index (χ1v) is 34.4. The second-order valence-corrected chi connectivity index (χ2v) is 23.9. The number of rotatable bonds is 65. The van der Waals surface area contributed by atoms with E-state index in [0.29, 0.717) is 25.9 Å². The third-order valence-corrected chi connectivity index (χ3v) is 16.3. The van der Waals surface area contributed by atoms with E-state index in [4.69, 9.17) is 4.74 Å². The highest BCUT2D eigenvalue weighted by atomic mass is 16.5. The van der Waals surface area contributed by atoms with Gasteiger partial charge >= 0.3 is 5.97 Å². The molecule has 0 saturated heterocycles. The second kappa shape index (κ2) is 65.1. The van der Waals surface area contributed by atoms with E-state index >= 15 is 0 Å². The predicted molar refractivity (Wildman–Crippen MR) is 329 cm³/mol. The second-order valence-electron chi connectivity index (χ2n) is 23.9. The van der Waals surface area contributed by atoms with Crippen molar-refractivity contribution in [3.8, 4) is 0 Å². The molecule has 0 aromatic rings. The number of hydrogen-bond donors (Lipinski definition) is 3. The number of carbonyl (C=O) groups excluding carboxylic acids is 2. The average molecular weight is 1060 g/mol. The van der Waals surface area contributed by atoms with E-state index in [2.05, 4.69) is 31.3 Å². The Balaban J connectivity index is 3.42. The number of ether oxygens (including phenoxy) is 1. The van der Waals surface area contributed by atoms with Gasteiger partial charge < -0.3 is 20.3 Å². The summed E-state index contributed by atoms with van der Waals surface area (Å²) in [5, 5.41) is 23.4. The van der Waals surface area contributed by atoms with Crippen LogP contribution in [0.15, 0.2) is 12.2 Å². The summed E-state index contributed by atoms with van der Waals surface area (Å²) < 4.78 is 5.50. The number of aliphatic hydroxyl groups is 2. The minimum atomic E-state index is -0.673. The van der Waals surface area contributed by atoms with Crippen LogP contribution in [0, 0.1) is 0 Å². The summed E-state index contributed by atoms with van der Waals surface area (Å²) in [7, 11) is 0. The zero-order valence-electron chi connectivity index (χ0n) is 51.1. The van der Waals surface area contributed by atoms with E-state index in [1.807, 2.05) is 0 Å². The number of unbranched alkanes of at least 4 members (excludes halogenated alkanes) is 52. The number of esters is 1. The molecule has 3 N–H and O–H groups in total. The standard InChI is InChI=1S/C69H135NO5/c1-3-5-7-9-11-13-15-17-19-21-23-24-25-26-27-29-33-37-41-45-49-53-57-61-67(72)66(65-71)70-68(73)62-58-54-50-46-42-38-34-30-28-32-36-40-44-48-52-56-60-64-75-69(74)63-59-55-51-47-43-39-35-31-22-20-18-16-14-12-10-8-6-4-2/h28,32,66-67,71-72H,3-27,29-31,33-65H2,1-2H3,(H,70,73)/b32-28-. The Labute approximate surface area is 469 Å². The van der Waals surface area contributed by atoms with Gasteiger partial charge in [-0.1, -0.05) is 341 Å². The van der Waals surface area contributed by atoms with Crippen LogP contribution in [0.3, 0.4) is 0 Å². The van der Waals surface area contributed by atoms with Crippen molar-refractivity contribution >= 4 is 11.9 Å². The monoisotopic (exact) mass is 1060 g/mol. The largest absolute Gasteiger partial charge is 0.466 e. The fraction of sp³-hybridized carbons (Fsp3) is 0.942. The summed E-state index contributed by atoms with van der Waals surface area (Å²) in [5.41, 5.74) is 0. The minimum absolute atomic E-state index is 0.00401. The summed E-state index contributed by atoms with van der Waals surface area (Å²) in [6, 6.07) is -0.551. The molecule has 0 saturated carbocycles. The molecule has 2 atom stereocenters. The molecule has 0 aromatic carbocycles. The Bertz CT molecular complexity index is 1130. The Morgan fingerprint density at radius 1 is 0.360 bits per heavy atom. The van der Waals surface area contributed by atoms with Gasteiger partial charge in [-0.2, -0.15) is 0 Å². The number of amides is 1. The van der Waals surface area contributed by atoms with Crippen LogP contribution in [0.5, 0.6) is 0 Å². The third-order valence-electron chi connectivity index (χ3n) is 16.3. The van der Waals surface area contributed by atoms with E-state index in [-0.39, 0.29) is 18.5 Å². The topological polar surface area (TPSA) is 95.9 Å². The molecule has 446 valence electrons. The molecule has 0 spiro atoms. The predicted octanol–water partition coefficient (Wildman–Crippen LogP) is 22.0. The lowest BCUT2D eigenvalue weighted by molar-refractivity contribution is -0.143. The van der Waals surface area contributed by atoms with E-state index in [1.165, 1.54) is 308 Å². The van der Waals surface area contributed by atoms with Gasteiger partial charge in [0, 0.05) is 12.8 Å². The summed E-state index contributed by atoms with van der Waals surface area (Å²) in [6.07, 6.45) is 79.6. The molecular weight excluding hydrogens is 923 g/mol. The van der Waals surface area contributed by atoms with Gasteiger partial charge in [0.1, 0.15) is 0 Å². The molecule has 0 bridgehead atoms. The smallest absolute Gasteiger partial charge is 0.305 e. The first-order valence-electron chi connectivity index (χ1n) is 34.4. The molecule has 1 amide bonds. The summed E-state index contributed by atoms with van der Waals surface area (Å²) in [5.74, 6) is -0.0380. The number of allylic oxidation sites excluding steroid dienone is 2. The molecule has 0 aromatic heterocycles. The molecule has 0 heterocycles. The quantitative estimate of drug-likeness (QED) is 0.0320. The lowest BCUT2D eigenvalue weighted by atomic mass is 10.0. The molecule has 0 fully saturated rings. The molecule has 75 heavy (non-hydrogen) atoms. The molecule has 0 radical (unpaired) electrons. The van der Waals surface area contributed by atoms with Crippen molar-refractivity contribution < 1.29 is 24.5 Å². The van der Waals surface area contributed by atoms with E-state index < -0.39 is 12.1 Å². The number of hydrogen-bond acceptors (Lipinski definition) is 5. The summed E-state index contributed by atoms with van der Waals surface area (Å²) in [4.78, 5) is 24.6. The maximum absolute atomic E-state index is 12.5. The molecule has 0 aliphatic heterocycles. The normalized spacial score (nSPS) is 12.5. The van der Waals surface area contributed by atoms with Crippen molar-refractivity contribution in [3.05, 3.63) is 12.2 Å². The lowest BCUT2D eigenvalue weighted by Gasteiger charge is -2.22. The van der Waals surface area contributed by atoms with Gasteiger partial charge in [0.2, 0.25) is 5.91 Å². The molecule has 6 nitrogen and oxygen atoms in total. The van der Waals surface area contributed by atoms with Gasteiger partial charge in [-0.15, -0.1) is 0 Å². The zero-order valence-corrected chi connectivity index (χ0v) is 51.1. The maximum atomic E-state index is 12.5. The van der Waals surface area contributed by atoms with Crippen LogP contribution in [0.4, 0.5) is 0 Å². The van der Waals surface area contributed by atoms with Crippen LogP contribution in [0.25, 0.3) is 0 Å². The van der Waals surface area contributed by atoms with E-state index in [0.717, 1.165) is 51.4 Å². The molecule has 0 aliphatic rings. The van der Waals surface area contributed by atoms with E-state index in [1.54, 1.807) is 0 Å². The third kappa shape index (κ3) is 61.7. The molecule has 0 rings (SSSR count). The number of nitrogens with one attached hydrogen (secondary N) is 1.